The fourth-order valence-electron chi connectivity index (χ4n) is 4.27. The van der Waals surface area contributed by atoms with E-state index in [9.17, 15) is 4.39 Å². The van der Waals surface area contributed by atoms with Gasteiger partial charge < -0.3 is 9.47 Å². The Kier molecular flexibility index (Phi) is 4.62. The second-order valence-electron chi connectivity index (χ2n) is 7.06. The Labute approximate surface area is 152 Å². The zero-order chi connectivity index (χ0) is 18.1. The lowest BCUT2D eigenvalue weighted by atomic mass is 9.85. The molecule has 0 amide bonds. The minimum absolute atomic E-state index is 0.116. The molecule has 5 heteroatoms. The number of halogens is 1. The summed E-state index contributed by atoms with van der Waals surface area (Å²) in [4.78, 5) is 2.39. The van der Waals surface area contributed by atoms with Crippen LogP contribution in [-0.2, 0) is 11.3 Å². The van der Waals surface area contributed by atoms with Gasteiger partial charge >= 0.3 is 0 Å². The lowest BCUT2D eigenvalue weighted by Gasteiger charge is -2.34. The molecule has 0 bridgehead atoms. The fraction of sp³-hybridized carbons (Fsp3) is 0.381. The molecule has 2 aromatic rings. The zero-order valence-corrected chi connectivity index (χ0v) is 14.7. The highest BCUT2D eigenvalue weighted by molar-refractivity contribution is 5.40. The van der Waals surface area contributed by atoms with E-state index in [1.807, 2.05) is 24.3 Å². The van der Waals surface area contributed by atoms with Gasteiger partial charge in [0.2, 0.25) is 0 Å². The van der Waals surface area contributed by atoms with E-state index in [0.717, 1.165) is 30.0 Å². The number of nitrogens with zero attached hydrogens (tertiary/aromatic N) is 2. The molecule has 0 N–H and O–H groups in total. The first-order valence-electron chi connectivity index (χ1n) is 8.84. The highest BCUT2D eigenvalue weighted by atomic mass is 19.1. The van der Waals surface area contributed by atoms with Crippen LogP contribution < -0.4 is 4.74 Å². The molecule has 0 unspecified atom stereocenters. The van der Waals surface area contributed by atoms with E-state index >= 15 is 0 Å². The van der Waals surface area contributed by atoms with Gasteiger partial charge in [-0.05, 0) is 35.9 Å². The summed E-state index contributed by atoms with van der Waals surface area (Å²) in [6, 6.07) is 14.7. The number of nitriles is 1. The van der Waals surface area contributed by atoms with E-state index in [2.05, 4.69) is 11.0 Å². The van der Waals surface area contributed by atoms with Crippen LogP contribution >= 0.6 is 0 Å². The molecule has 4 rings (SSSR count). The van der Waals surface area contributed by atoms with Gasteiger partial charge in [0, 0.05) is 43.6 Å². The molecule has 2 aliphatic rings. The minimum atomic E-state index is -0.235. The molecular weight excluding hydrogens is 331 g/mol. The van der Waals surface area contributed by atoms with Gasteiger partial charge in [0.05, 0.1) is 24.8 Å². The van der Waals surface area contributed by atoms with Gasteiger partial charge in [-0.3, -0.25) is 4.90 Å². The van der Waals surface area contributed by atoms with Gasteiger partial charge in [-0.1, -0.05) is 12.1 Å². The van der Waals surface area contributed by atoms with Crippen molar-refractivity contribution in [1.82, 2.24) is 4.90 Å². The topological polar surface area (TPSA) is 45.5 Å². The van der Waals surface area contributed by atoms with E-state index < -0.39 is 0 Å². The molecule has 134 valence electrons. The Balaban J connectivity index is 1.65. The number of fused-ring (bicyclic) bond motifs is 3. The van der Waals surface area contributed by atoms with Crippen LogP contribution in [0, 0.1) is 29.0 Å². The van der Waals surface area contributed by atoms with Crippen molar-refractivity contribution in [3.63, 3.8) is 0 Å². The predicted molar refractivity (Wildman–Crippen MR) is 95.1 cm³/mol. The van der Waals surface area contributed by atoms with Gasteiger partial charge in [-0.2, -0.15) is 5.26 Å². The summed E-state index contributed by atoms with van der Waals surface area (Å²) in [5.41, 5.74) is 2.72. The molecule has 2 heterocycles. The zero-order valence-electron chi connectivity index (χ0n) is 14.7. The van der Waals surface area contributed by atoms with Crippen LogP contribution in [0.15, 0.2) is 42.5 Å². The molecule has 0 aromatic heterocycles. The van der Waals surface area contributed by atoms with Crippen molar-refractivity contribution in [1.29, 1.82) is 5.26 Å². The average molecular weight is 352 g/mol. The van der Waals surface area contributed by atoms with E-state index in [1.54, 1.807) is 19.2 Å². The molecule has 1 saturated heterocycles. The van der Waals surface area contributed by atoms with Gasteiger partial charge in [0.15, 0.2) is 0 Å². The third-order valence-electron chi connectivity index (χ3n) is 5.44. The normalized spacial score (nSPS) is 24.4. The number of hydrogen-bond acceptors (Lipinski definition) is 4. The van der Waals surface area contributed by atoms with Crippen molar-refractivity contribution < 1.29 is 13.9 Å². The maximum Gasteiger partial charge on any atom is 0.124 e. The Morgan fingerprint density at radius 2 is 2.08 bits per heavy atom. The van der Waals surface area contributed by atoms with E-state index in [-0.39, 0.29) is 17.8 Å². The lowest BCUT2D eigenvalue weighted by Crippen LogP contribution is -2.32. The average Bonchev–Trinajstić information content (AvgIpc) is 3.00. The number of ether oxygens (including phenoxy) is 2. The standard InChI is InChI=1S/C21H21FN2O2/c1-25-12-16-11-24(10-15-4-2-14(9-23)3-5-15)21-18-8-17(22)6-7-20(18)26-13-19(16)21/h2-8,16,19,21H,10-13H2,1H3/t16-,19-,21-/m0/s1. The first kappa shape index (κ1) is 17.0. The SMILES string of the molecule is COC[C@@H]1CN(Cc2ccc(C#N)cc2)[C@H]2c3cc(F)ccc3OC[C@@H]12. The van der Waals surface area contributed by atoms with Crippen molar-refractivity contribution in [3.05, 3.63) is 65.0 Å². The summed E-state index contributed by atoms with van der Waals surface area (Å²) in [6.07, 6.45) is 0. The summed E-state index contributed by atoms with van der Waals surface area (Å²) in [5, 5.41) is 8.97. The highest BCUT2D eigenvalue weighted by Gasteiger charge is 2.46. The van der Waals surface area contributed by atoms with Crippen molar-refractivity contribution in [2.24, 2.45) is 11.8 Å². The monoisotopic (exact) mass is 352 g/mol. The summed E-state index contributed by atoms with van der Waals surface area (Å²) >= 11 is 0. The molecule has 1 fully saturated rings. The Morgan fingerprint density at radius 3 is 2.81 bits per heavy atom. The Morgan fingerprint density at radius 1 is 1.27 bits per heavy atom. The molecular formula is C21H21FN2O2. The summed E-state index contributed by atoms with van der Waals surface area (Å²) in [5.74, 6) is 1.17. The molecule has 3 atom stereocenters. The van der Waals surface area contributed by atoms with Gasteiger partial charge in [0.1, 0.15) is 11.6 Å². The molecule has 0 radical (unpaired) electrons. The first-order chi connectivity index (χ1) is 12.7. The molecule has 0 spiro atoms. The molecule has 2 aromatic carbocycles. The van der Waals surface area contributed by atoms with Crippen molar-refractivity contribution >= 4 is 0 Å². The van der Waals surface area contributed by atoms with Crippen LogP contribution in [0.5, 0.6) is 5.75 Å². The van der Waals surface area contributed by atoms with E-state index in [0.29, 0.717) is 24.7 Å². The number of rotatable bonds is 4. The predicted octanol–water partition coefficient (Wildman–Crippen LogP) is 3.53. The quantitative estimate of drug-likeness (QED) is 0.845. The minimum Gasteiger partial charge on any atom is -0.493 e. The van der Waals surface area contributed by atoms with Crippen LogP contribution in [0.3, 0.4) is 0 Å². The number of hydrogen-bond donors (Lipinski definition) is 0. The highest BCUT2D eigenvalue weighted by Crippen LogP contribution is 2.48. The largest absolute Gasteiger partial charge is 0.493 e. The number of methoxy groups -OCH3 is 1. The third-order valence-corrected chi connectivity index (χ3v) is 5.44. The van der Waals surface area contributed by atoms with E-state index in [1.165, 1.54) is 6.07 Å². The Hall–Kier alpha value is -2.42. The maximum absolute atomic E-state index is 13.9. The molecule has 0 aliphatic carbocycles. The van der Waals surface area contributed by atoms with Crippen molar-refractivity contribution in [3.8, 4) is 11.8 Å². The van der Waals surface area contributed by atoms with Gasteiger partial charge in [-0.15, -0.1) is 0 Å². The van der Waals surface area contributed by atoms with Crippen LogP contribution in [-0.4, -0.2) is 31.8 Å². The molecule has 4 nitrogen and oxygen atoms in total. The lowest BCUT2D eigenvalue weighted by molar-refractivity contribution is 0.0981. The Bertz CT molecular complexity index is 831. The van der Waals surface area contributed by atoms with Crippen molar-refractivity contribution in [2.75, 3.05) is 26.9 Å². The van der Waals surface area contributed by atoms with Crippen LogP contribution in [0.2, 0.25) is 0 Å². The summed E-state index contributed by atoms with van der Waals surface area (Å²) in [7, 11) is 1.72. The van der Waals surface area contributed by atoms with Crippen LogP contribution in [0.25, 0.3) is 0 Å². The van der Waals surface area contributed by atoms with Gasteiger partial charge in [-0.25, -0.2) is 4.39 Å². The number of benzene rings is 2. The first-order valence-corrected chi connectivity index (χ1v) is 8.84. The van der Waals surface area contributed by atoms with Crippen LogP contribution in [0.1, 0.15) is 22.7 Å². The smallest absolute Gasteiger partial charge is 0.124 e. The second-order valence-corrected chi connectivity index (χ2v) is 7.06. The van der Waals surface area contributed by atoms with Crippen LogP contribution in [0.4, 0.5) is 4.39 Å². The fourth-order valence-corrected chi connectivity index (χ4v) is 4.27. The molecule has 2 aliphatic heterocycles. The summed E-state index contributed by atoms with van der Waals surface area (Å²) < 4.78 is 25.2. The van der Waals surface area contributed by atoms with Crippen molar-refractivity contribution in [2.45, 2.75) is 12.6 Å². The number of likely N-dealkylation sites (tertiary alicyclic amines) is 1. The third kappa shape index (κ3) is 3.07. The van der Waals surface area contributed by atoms with Gasteiger partial charge in [0.25, 0.3) is 0 Å². The van der Waals surface area contributed by atoms with E-state index in [4.69, 9.17) is 14.7 Å². The summed E-state index contributed by atoms with van der Waals surface area (Å²) in [6.45, 7) is 2.92. The molecule has 0 saturated carbocycles. The second kappa shape index (κ2) is 7.06. The molecule has 26 heavy (non-hydrogen) atoms. The maximum atomic E-state index is 13.9.